The Kier molecular flexibility index (Phi) is 6.83. The number of sulfonamides is 1. The third-order valence-electron chi connectivity index (χ3n) is 3.48. The molecule has 0 bridgehead atoms. The Bertz CT molecular complexity index is 948. The number of benzene rings is 2. The van der Waals surface area contributed by atoms with E-state index in [1.807, 2.05) is 0 Å². The quantitative estimate of drug-likeness (QED) is 0.388. The summed E-state index contributed by atoms with van der Waals surface area (Å²) in [4.78, 5) is 21.6. The lowest BCUT2D eigenvalue weighted by Gasteiger charge is -2.09. The number of nitrogens with one attached hydrogen (secondary N) is 2. The maximum atomic E-state index is 13.6. The van der Waals surface area contributed by atoms with Crippen molar-refractivity contribution in [3.05, 3.63) is 69.0 Å². The molecule has 27 heavy (non-hydrogen) atoms. The standard InChI is InChI=1S/C16H15ClFN3O5S/c17-14-5-2-6-15(18)13(14)10-16(22)19-7-8-20-27(25,26)12-4-1-3-11(9-12)21(23)24/h1-6,9,20H,7-8,10H2,(H,19,22). The summed E-state index contributed by atoms with van der Waals surface area (Å²) < 4.78 is 40.1. The smallest absolute Gasteiger partial charge is 0.270 e. The molecule has 1 amide bonds. The first-order chi connectivity index (χ1) is 12.7. The Morgan fingerprint density at radius 1 is 1.19 bits per heavy atom. The molecule has 0 radical (unpaired) electrons. The molecular weight excluding hydrogens is 401 g/mol. The van der Waals surface area contributed by atoms with Crippen LogP contribution in [0.2, 0.25) is 5.02 Å². The van der Waals surface area contributed by atoms with Crippen molar-refractivity contribution in [2.75, 3.05) is 13.1 Å². The minimum absolute atomic E-state index is 0.0499. The summed E-state index contributed by atoms with van der Waals surface area (Å²) in [7, 11) is -3.97. The molecule has 144 valence electrons. The van der Waals surface area contributed by atoms with E-state index in [1.165, 1.54) is 36.4 Å². The average Bonchev–Trinajstić information content (AvgIpc) is 2.62. The molecule has 0 saturated heterocycles. The maximum Gasteiger partial charge on any atom is 0.270 e. The molecule has 0 aliphatic heterocycles. The lowest BCUT2D eigenvalue weighted by atomic mass is 10.1. The number of nitro benzene ring substituents is 1. The molecule has 0 aliphatic rings. The predicted octanol–water partition coefficient (Wildman–Crippen LogP) is 2.02. The predicted molar refractivity (Wildman–Crippen MR) is 96.4 cm³/mol. The zero-order chi connectivity index (χ0) is 20.0. The molecule has 0 aliphatic carbocycles. The van der Waals surface area contributed by atoms with Crippen LogP contribution in [0.5, 0.6) is 0 Å². The van der Waals surface area contributed by atoms with E-state index < -0.39 is 26.7 Å². The van der Waals surface area contributed by atoms with Gasteiger partial charge in [0.05, 0.1) is 16.2 Å². The molecule has 2 rings (SSSR count). The van der Waals surface area contributed by atoms with Crippen molar-refractivity contribution in [1.29, 1.82) is 0 Å². The van der Waals surface area contributed by atoms with Gasteiger partial charge in [-0.2, -0.15) is 0 Å². The fourth-order valence-electron chi connectivity index (χ4n) is 2.16. The van der Waals surface area contributed by atoms with Gasteiger partial charge in [0.1, 0.15) is 5.82 Å². The topological polar surface area (TPSA) is 118 Å². The molecule has 2 N–H and O–H groups in total. The summed E-state index contributed by atoms with van der Waals surface area (Å²) >= 11 is 5.84. The number of nitro groups is 1. The van der Waals surface area contributed by atoms with Gasteiger partial charge in [0, 0.05) is 35.8 Å². The Hall–Kier alpha value is -2.56. The van der Waals surface area contributed by atoms with Gasteiger partial charge in [-0.05, 0) is 18.2 Å². The monoisotopic (exact) mass is 415 g/mol. The van der Waals surface area contributed by atoms with Gasteiger partial charge in [0.2, 0.25) is 15.9 Å². The van der Waals surface area contributed by atoms with E-state index in [4.69, 9.17) is 11.6 Å². The Labute approximate surface area is 159 Å². The Balaban J connectivity index is 1.88. The van der Waals surface area contributed by atoms with E-state index >= 15 is 0 Å². The SMILES string of the molecule is O=C(Cc1c(F)cccc1Cl)NCCNS(=O)(=O)c1cccc([N+](=O)[O-])c1. The second-order valence-electron chi connectivity index (χ2n) is 5.38. The van der Waals surface area contributed by atoms with Crippen LogP contribution < -0.4 is 10.0 Å². The highest BCUT2D eigenvalue weighted by Crippen LogP contribution is 2.19. The average molecular weight is 416 g/mol. The van der Waals surface area contributed by atoms with Crippen molar-refractivity contribution in [2.24, 2.45) is 0 Å². The van der Waals surface area contributed by atoms with Gasteiger partial charge in [-0.25, -0.2) is 17.5 Å². The highest BCUT2D eigenvalue weighted by atomic mass is 35.5. The molecule has 2 aromatic rings. The summed E-state index contributed by atoms with van der Waals surface area (Å²) in [5, 5.41) is 13.3. The molecule has 0 fully saturated rings. The lowest BCUT2D eigenvalue weighted by Crippen LogP contribution is -2.35. The van der Waals surface area contributed by atoms with Crippen molar-refractivity contribution < 1.29 is 22.5 Å². The number of carbonyl (C=O) groups is 1. The van der Waals surface area contributed by atoms with Gasteiger partial charge in [0.25, 0.3) is 5.69 Å². The van der Waals surface area contributed by atoms with Crippen LogP contribution >= 0.6 is 11.6 Å². The first-order valence-electron chi connectivity index (χ1n) is 7.64. The van der Waals surface area contributed by atoms with E-state index in [-0.39, 0.29) is 40.7 Å². The molecule has 8 nitrogen and oxygen atoms in total. The van der Waals surface area contributed by atoms with Crippen LogP contribution in [0.1, 0.15) is 5.56 Å². The molecule has 0 unspecified atom stereocenters. The molecule has 0 spiro atoms. The number of halogens is 2. The van der Waals surface area contributed by atoms with E-state index in [1.54, 1.807) is 0 Å². The zero-order valence-corrected chi connectivity index (χ0v) is 15.4. The lowest BCUT2D eigenvalue weighted by molar-refractivity contribution is -0.385. The third kappa shape index (κ3) is 5.71. The molecule has 0 aromatic heterocycles. The highest BCUT2D eigenvalue weighted by molar-refractivity contribution is 7.89. The summed E-state index contributed by atoms with van der Waals surface area (Å²) in [6, 6.07) is 8.64. The zero-order valence-electron chi connectivity index (χ0n) is 13.8. The van der Waals surface area contributed by atoms with Crippen LogP contribution in [0, 0.1) is 15.9 Å². The molecule has 0 heterocycles. The number of carbonyl (C=O) groups excluding carboxylic acids is 1. The van der Waals surface area contributed by atoms with Crippen molar-refractivity contribution in [3.8, 4) is 0 Å². The van der Waals surface area contributed by atoms with Gasteiger partial charge in [-0.3, -0.25) is 14.9 Å². The number of non-ortho nitro benzene ring substituents is 1. The first kappa shape index (κ1) is 20.7. The van der Waals surface area contributed by atoms with Crippen molar-refractivity contribution in [1.82, 2.24) is 10.0 Å². The molecule has 0 saturated carbocycles. The van der Waals surface area contributed by atoms with Gasteiger partial charge in [0.15, 0.2) is 0 Å². The first-order valence-corrected chi connectivity index (χ1v) is 9.50. The highest BCUT2D eigenvalue weighted by Gasteiger charge is 2.17. The summed E-state index contributed by atoms with van der Waals surface area (Å²) in [5.74, 6) is -1.14. The normalized spacial score (nSPS) is 11.2. The van der Waals surface area contributed by atoms with Crippen LogP contribution in [-0.4, -0.2) is 32.3 Å². The van der Waals surface area contributed by atoms with E-state index in [0.717, 1.165) is 6.07 Å². The van der Waals surface area contributed by atoms with E-state index in [9.17, 15) is 27.7 Å². The van der Waals surface area contributed by atoms with Crippen LogP contribution in [0.4, 0.5) is 10.1 Å². The van der Waals surface area contributed by atoms with E-state index in [0.29, 0.717) is 0 Å². The Morgan fingerprint density at radius 3 is 2.56 bits per heavy atom. The number of hydrogen-bond donors (Lipinski definition) is 2. The van der Waals surface area contributed by atoms with E-state index in [2.05, 4.69) is 10.0 Å². The summed E-state index contributed by atoms with van der Waals surface area (Å²) in [6.07, 6.45) is -0.289. The van der Waals surface area contributed by atoms with Crippen molar-refractivity contribution in [3.63, 3.8) is 0 Å². The van der Waals surface area contributed by atoms with Gasteiger partial charge in [-0.15, -0.1) is 0 Å². The molecule has 0 atom stereocenters. The molecular formula is C16H15ClFN3O5S. The fourth-order valence-corrected chi connectivity index (χ4v) is 3.46. The third-order valence-corrected chi connectivity index (χ3v) is 5.29. The number of hydrogen-bond acceptors (Lipinski definition) is 5. The van der Waals surface area contributed by atoms with Crippen molar-refractivity contribution >= 4 is 33.2 Å². The minimum Gasteiger partial charge on any atom is -0.354 e. The minimum atomic E-state index is -3.97. The number of amides is 1. The number of rotatable bonds is 8. The molecule has 2 aromatic carbocycles. The van der Waals surface area contributed by atoms with Crippen LogP contribution in [0.25, 0.3) is 0 Å². The maximum absolute atomic E-state index is 13.6. The van der Waals surface area contributed by atoms with Crippen LogP contribution in [-0.2, 0) is 21.2 Å². The summed E-state index contributed by atoms with van der Waals surface area (Å²) in [5.41, 5.74) is -0.304. The second kappa shape index (κ2) is 8.89. The summed E-state index contributed by atoms with van der Waals surface area (Å²) in [6.45, 7) is -0.208. The second-order valence-corrected chi connectivity index (χ2v) is 7.55. The largest absolute Gasteiger partial charge is 0.354 e. The van der Waals surface area contributed by atoms with Gasteiger partial charge >= 0.3 is 0 Å². The van der Waals surface area contributed by atoms with Gasteiger partial charge in [-0.1, -0.05) is 23.7 Å². The van der Waals surface area contributed by atoms with Crippen LogP contribution in [0.15, 0.2) is 47.4 Å². The van der Waals surface area contributed by atoms with Gasteiger partial charge < -0.3 is 5.32 Å². The molecule has 11 heteroatoms. The Morgan fingerprint density at radius 2 is 1.89 bits per heavy atom. The number of nitrogens with zero attached hydrogens (tertiary/aromatic N) is 1. The fraction of sp³-hybridized carbons (Fsp3) is 0.188. The van der Waals surface area contributed by atoms with Crippen molar-refractivity contribution in [2.45, 2.75) is 11.3 Å². The van der Waals surface area contributed by atoms with Crippen LogP contribution in [0.3, 0.4) is 0 Å².